The highest BCUT2D eigenvalue weighted by Gasteiger charge is 2.44. The summed E-state index contributed by atoms with van der Waals surface area (Å²) in [4.78, 5) is 4.18. The molecule has 1 heterocycles. The minimum Gasteiger partial charge on any atom is -0.356 e. The van der Waals surface area contributed by atoms with Crippen molar-refractivity contribution in [1.29, 1.82) is 0 Å². The average molecular weight is 339 g/mol. The van der Waals surface area contributed by atoms with Gasteiger partial charge in [-0.05, 0) is 37.0 Å². The van der Waals surface area contributed by atoms with E-state index in [0.717, 1.165) is 18.4 Å². The molecule has 0 radical (unpaired) electrons. The van der Waals surface area contributed by atoms with E-state index in [1.165, 1.54) is 12.1 Å². The van der Waals surface area contributed by atoms with Crippen molar-refractivity contribution in [2.24, 2.45) is 4.99 Å². The maximum atomic E-state index is 13.1. The lowest BCUT2D eigenvalue weighted by Crippen LogP contribution is -2.46. The summed E-state index contributed by atoms with van der Waals surface area (Å²) in [6, 6.07) is 6.58. The molecule has 2 aliphatic rings. The summed E-state index contributed by atoms with van der Waals surface area (Å²) in [5.41, 5.74) is 1.16. The average Bonchev–Trinajstić information content (AvgIpc) is 3.23. The molecule has 1 saturated carbocycles. The number of benzene rings is 1. The highest BCUT2D eigenvalue weighted by molar-refractivity contribution is 7.91. The van der Waals surface area contributed by atoms with E-state index in [0.29, 0.717) is 18.9 Å². The van der Waals surface area contributed by atoms with Crippen LogP contribution in [0.1, 0.15) is 24.8 Å². The van der Waals surface area contributed by atoms with Gasteiger partial charge < -0.3 is 10.6 Å². The van der Waals surface area contributed by atoms with Crippen LogP contribution in [0.5, 0.6) is 0 Å². The molecule has 1 saturated heterocycles. The first kappa shape index (κ1) is 16.2. The zero-order valence-corrected chi connectivity index (χ0v) is 14.0. The van der Waals surface area contributed by atoms with Crippen LogP contribution < -0.4 is 10.6 Å². The van der Waals surface area contributed by atoms with Crippen LogP contribution >= 0.6 is 0 Å². The second-order valence-electron chi connectivity index (χ2n) is 6.46. The minimum atomic E-state index is -2.91. The van der Waals surface area contributed by atoms with Gasteiger partial charge in [-0.3, -0.25) is 4.99 Å². The molecule has 1 aliphatic heterocycles. The molecule has 1 aromatic rings. The third kappa shape index (κ3) is 3.83. The normalized spacial score (nSPS) is 25.1. The quantitative estimate of drug-likeness (QED) is 0.639. The zero-order chi connectivity index (χ0) is 16.5. The highest BCUT2D eigenvalue weighted by Crippen LogP contribution is 2.47. The van der Waals surface area contributed by atoms with E-state index in [9.17, 15) is 12.8 Å². The lowest BCUT2D eigenvalue weighted by Gasteiger charge is -2.21. The van der Waals surface area contributed by atoms with Crippen molar-refractivity contribution in [3.05, 3.63) is 35.6 Å². The van der Waals surface area contributed by atoms with Crippen LogP contribution in [0.25, 0.3) is 0 Å². The van der Waals surface area contributed by atoms with Crippen LogP contribution in [0.2, 0.25) is 0 Å². The molecule has 7 heteroatoms. The summed E-state index contributed by atoms with van der Waals surface area (Å²) in [5.74, 6) is 0.802. The van der Waals surface area contributed by atoms with Gasteiger partial charge in [-0.1, -0.05) is 12.1 Å². The maximum absolute atomic E-state index is 13.1. The van der Waals surface area contributed by atoms with Crippen LogP contribution in [-0.4, -0.2) is 45.5 Å². The summed E-state index contributed by atoms with van der Waals surface area (Å²) in [7, 11) is -1.23. The fourth-order valence-corrected chi connectivity index (χ4v) is 4.74. The molecule has 0 bridgehead atoms. The summed E-state index contributed by atoms with van der Waals surface area (Å²) >= 11 is 0. The minimum absolute atomic E-state index is 0.0348. The molecular formula is C16H22FN3O2S. The predicted molar refractivity (Wildman–Crippen MR) is 88.9 cm³/mol. The number of guanidine groups is 1. The molecule has 0 amide bonds. The van der Waals surface area contributed by atoms with Crippen LogP contribution in [-0.2, 0) is 15.3 Å². The van der Waals surface area contributed by atoms with Gasteiger partial charge in [-0.2, -0.15) is 0 Å². The van der Waals surface area contributed by atoms with Gasteiger partial charge in [0.15, 0.2) is 15.8 Å². The Hall–Kier alpha value is -1.63. The molecule has 3 rings (SSSR count). The number of halogens is 1. The Kier molecular flexibility index (Phi) is 4.31. The Labute approximate surface area is 136 Å². The van der Waals surface area contributed by atoms with Gasteiger partial charge in [0.1, 0.15) is 5.82 Å². The van der Waals surface area contributed by atoms with Gasteiger partial charge in [-0.15, -0.1) is 0 Å². The second kappa shape index (κ2) is 6.11. The molecule has 1 aromatic carbocycles. The summed E-state index contributed by atoms with van der Waals surface area (Å²) in [6.07, 6.45) is 2.73. The van der Waals surface area contributed by atoms with Crippen molar-refractivity contribution in [2.75, 3.05) is 25.1 Å². The van der Waals surface area contributed by atoms with Crippen molar-refractivity contribution in [3.8, 4) is 0 Å². The van der Waals surface area contributed by atoms with Gasteiger partial charge in [-0.25, -0.2) is 12.8 Å². The van der Waals surface area contributed by atoms with Crippen molar-refractivity contribution in [3.63, 3.8) is 0 Å². The number of rotatable bonds is 4. The monoisotopic (exact) mass is 339 g/mol. The SMILES string of the molecule is CN=C(NCC1(c2ccc(F)cc2)CC1)NC1CCS(=O)(=O)C1. The maximum Gasteiger partial charge on any atom is 0.191 e. The molecule has 1 aliphatic carbocycles. The van der Waals surface area contributed by atoms with Crippen LogP contribution in [0.15, 0.2) is 29.3 Å². The van der Waals surface area contributed by atoms with E-state index in [2.05, 4.69) is 15.6 Å². The van der Waals surface area contributed by atoms with Gasteiger partial charge in [0, 0.05) is 25.0 Å². The zero-order valence-electron chi connectivity index (χ0n) is 13.2. The highest BCUT2D eigenvalue weighted by atomic mass is 32.2. The Balaban J connectivity index is 1.57. The molecule has 0 spiro atoms. The molecule has 2 fully saturated rings. The first-order valence-corrected chi connectivity index (χ1v) is 9.68. The van der Waals surface area contributed by atoms with Crippen LogP contribution in [0.4, 0.5) is 4.39 Å². The first-order chi connectivity index (χ1) is 10.9. The van der Waals surface area contributed by atoms with E-state index in [-0.39, 0.29) is 28.8 Å². The summed E-state index contributed by atoms with van der Waals surface area (Å²) < 4.78 is 36.1. The lowest BCUT2D eigenvalue weighted by atomic mass is 9.96. The van der Waals surface area contributed by atoms with Crippen molar-refractivity contribution in [1.82, 2.24) is 10.6 Å². The molecular weight excluding hydrogens is 317 g/mol. The van der Waals surface area contributed by atoms with Gasteiger partial charge >= 0.3 is 0 Å². The molecule has 2 N–H and O–H groups in total. The summed E-state index contributed by atoms with van der Waals surface area (Å²) in [6.45, 7) is 0.706. The van der Waals surface area contributed by atoms with Gasteiger partial charge in [0.25, 0.3) is 0 Å². The first-order valence-electron chi connectivity index (χ1n) is 7.86. The largest absolute Gasteiger partial charge is 0.356 e. The Morgan fingerprint density at radius 3 is 2.57 bits per heavy atom. The third-order valence-corrected chi connectivity index (χ3v) is 6.47. The van der Waals surface area contributed by atoms with Crippen LogP contribution in [0, 0.1) is 5.82 Å². The Bertz CT molecular complexity index is 697. The lowest BCUT2D eigenvalue weighted by molar-refractivity contribution is 0.596. The van der Waals surface area contributed by atoms with Gasteiger partial charge in [0.2, 0.25) is 0 Å². The number of sulfone groups is 1. The smallest absolute Gasteiger partial charge is 0.191 e. The van der Waals surface area contributed by atoms with Crippen molar-refractivity contribution >= 4 is 15.8 Å². The molecule has 23 heavy (non-hydrogen) atoms. The molecule has 1 unspecified atom stereocenters. The van der Waals surface area contributed by atoms with Crippen molar-refractivity contribution in [2.45, 2.75) is 30.7 Å². The van der Waals surface area contributed by atoms with Crippen molar-refractivity contribution < 1.29 is 12.8 Å². The number of nitrogens with one attached hydrogen (secondary N) is 2. The molecule has 1 atom stereocenters. The fourth-order valence-electron chi connectivity index (χ4n) is 3.07. The summed E-state index contributed by atoms with van der Waals surface area (Å²) in [5, 5.41) is 6.47. The van der Waals surface area contributed by atoms with E-state index >= 15 is 0 Å². The van der Waals surface area contributed by atoms with Gasteiger partial charge in [0.05, 0.1) is 11.5 Å². The Morgan fingerprint density at radius 1 is 1.35 bits per heavy atom. The fraction of sp³-hybridized carbons (Fsp3) is 0.562. The number of aliphatic imine (C=N–C) groups is 1. The molecule has 5 nitrogen and oxygen atoms in total. The second-order valence-corrected chi connectivity index (χ2v) is 8.69. The third-order valence-electron chi connectivity index (χ3n) is 4.70. The molecule has 0 aromatic heterocycles. The number of hydrogen-bond acceptors (Lipinski definition) is 3. The number of nitrogens with zero attached hydrogens (tertiary/aromatic N) is 1. The predicted octanol–water partition coefficient (Wildman–Crippen LogP) is 1.21. The van der Waals surface area contributed by atoms with E-state index in [4.69, 9.17) is 0 Å². The van der Waals surface area contributed by atoms with E-state index < -0.39 is 9.84 Å². The van der Waals surface area contributed by atoms with E-state index in [1.54, 1.807) is 7.05 Å². The van der Waals surface area contributed by atoms with E-state index in [1.807, 2.05) is 12.1 Å². The topological polar surface area (TPSA) is 70.6 Å². The van der Waals surface area contributed by atoms with Crippen LogP contribution in [0.3, 0.4) is 0 Å². The number of hydrogen-bond donors (Lipinski definition) is 2. The Morgan fingerprint density at radius 2 is 2.04 bits per heavy atom. The standard InChI is InChI=1S/C16H22FN3O2S/c1-18-15(20-14-6-9-23(21,22)10-14)19-11-16(7-8-16)12-2-4-13(17)5-3-12/h2-5,14H,6-11H2,1H3,(H2,18,19,20). The molecule has 126 valence electrons.